The van der Waals surface area contributed by atoms with Crippen LogP contribution < -0.4 is 0 Å². The summed E-state index contributed by atoms with van der Waals surface area (Å²) in [5, 5.41) is 1.99. The summed E-state index contributed by atoms with van der Waals surface area (Å²) in [5.41, 5.74) is 0.449. The average Bonchev–Trinajstić information content (AvgIpc) is 2.87. The zero-order valence-corrected chi connectivity index (χ0v) is 12.1. The van der Waals surface area contributed by atoms with Crippen LogP contribution in [0.5, 0.6) is 0 Å². The minimum absolute atomic E-state index is 0.223. The number of rotatable bonds is 5. The van der Waals surface area contributed by atoms with Crippen molar-refractivity contribution in [1.29, 1.82) is 0 Å². The first kappa shape index (κ1) is 13.2. The summed E-state index contributed by atoms with van der Waals surface area (Å²) in [5.74, 6) is 0.223. The molecule has 2 aromatic heterocycles. The van der Waals surface area contributed by atoms with Gasteiger partial charge in [-0.05, 0) is 27.4 Å². The normalized spacial score (nSPS) is 15.2. The molecule has 0 bridgehead atoms. The van der Waals surface area contributed by atoms with Gasteiger partial charge in [0, 0.05) is 17.8 Å². The van der Waals surface area contributed by atoms with Crippen molar-refractivity contribution < 1.29 is 4.79 Å². The average molecular weight is 265 g/mol. The Morgan fingerprint density at radius 2 is 2.28 bits per heavy atom. The van der Waals surface area contributed by atoms with Gasteiger partial charge in [-0.3, -0.25) is 14.1 Å². The molecule has 2 rings (SSSR count). The molecule has 0 spiro atoms. The molecule has 0 aliphatic carbocycles. The number of carbonyl (C=O) groups excluding carboxylic acids is 1. The molecule has 98 valence electrons. The second-order valence-corrected chi connectivity index (χ2v) is 5.82. The fraction of sp³-hybridized carbons (Fsp3) is 0.538. The van der Waals surface area contributed by atoms with E-state index in [0.717, 1.165) is 17.1 Å². The lowest BCUT2D eigenvalue weighted by atomic mass is 9.89. The van der Waals surface area contributed by atoms with Crippen LogP contribution in [0.25, 0.3) is 4.96 Å². The van der Waals surface area contributed by atoms with E-state index in [2.05, 4.69) is 4.98 Å². The minimum atomic E-state index is -0.406. The number of ketones is 1. The predicted molar refractivity (Wildman–Crippen MR) is 74.2 cm³/mol. The van der Waals surface area contributed by atoms with E-state index in [9.17, 15) is 4.79 Å². The highest BCUT2D eigenvalue weighted by Gasteiger charge is 2.33. The Hall–Kier alpha value is -1.20. The lowest BCUT2D eigenvalue weighted by Crippen LogP contribution is -2.48. The highest BCUT2D eigenvalue weighted by molar-refractivity contribution is 7.15. The molecule has 0 aliphatic rings. The minimum Gasteiger partial charge on any atom is -0.297 e. The van der Waals surface area contributed by atoms with E-state index >= 15 is 0 Å². The second kappa shape index (κ2) is 4.82. The van der Waals surface area contributed by atoms with Gasteiger partial charge in [0.2, 0.25) is 0 Å². The van der Waals surface area contributed by atoms with Crippen LogP contribution in [0.3, 0.4) is 0 Å². The number of imidazole rings is 1. The maximum Gasteiger partial charge on any atom is 0.193 e. The molecule has 2 aromatic rings. The number of nitrogens with zero attached hydrogens (tertiary/aromatic N) is 3. The molecule has 2 heterocycles. The zero-order valence-electron chi connectivity index (χ0n) is 11.3. The van der Waals surface area contributed by atoms with Crippen molar-refractivity contribution in [2.24, 2.45) is 0 Å². The number of aromatic nitrogens is 2. The lowest BCUT2D eigenvalue weighted by Gasteiger charge is -2.33. The molecule has 1 unspecified atom stereocenters. The van der Waals surface area contributed by atoms with E-state index in [1.165, 1.54) is 0 Å². The molecule has 0 amide bonds. The number of likely N-dealkylation sites (N-methyl/N-ethyl adjacent to an activating group) is 1. The van der Waals surface area contributed by atoms with Crippen LogP contribution in [0.4, 0.5) is 0 Å². The Morgan fingerprint density at radius 3 is 2.83 bits per heavy atom. The Balaban J connectivity index is 2.18. The lowest BCUT2D eigenvalue weighted by molar-refractivity contribution is -0.128. The molecule has 4 nitrogen and oxygen atoms in total. The maximum absolute atomic E-state index is 12.4. The van der Waals surface area contributed by atoms with Crippen LogP contribution >= 0.6 is 11.3 Å². The maximum atomic E-state index is 12.4. The number of fused-ring (bicyclic) bond motifs is 1. The van der Waals surface area contributed by atoms with Crippen molar-refractivity contribution in [2.45, 2.75) is 32.2 Å². The number of Topliss-reactive ketones (excluding diaryl/α,β-unsaturated/α-hetero) is 1. The molecular weight excluding hydrogens is 246 g/mol. The molecule has 1 atom stereocenters. The Bertz CT molecular complexity index is 529. The van der Waals surface area contributed by atoms with Crippen molar-refractivity contribution in [3.8, 4) is 0 Å². The molecule has 18 heavy (non-hydrogen) atoms. The first-order valence-corrected chi connectivity index (χ1v) is 6.97. The molecule has 5 heteroatoms. The molecule has 0 aromatic carbocycles. The summed E-state index contributed by atoms with van der Waals surface area (Å²) >= 11 is 1.58. The van der Waals surface area contributed by atoms with Gasteiger partial charge in [-0.1, -0.05) is 6.92 Å². The van der Waals surface area contributed by atoms with Gasteiger partial charge in [-0.2, -0.15) is 0 Å². The monoisotopic (exact) mass is 265 g/mol. The van der Waals surface area contributed by atoms with Gasteiger partial charge in [-0.15, -0.1) is 11.3 Å². The van der Waals surface area contributed by atoms with Crippen molar-refractivity contribution in [3.05, 3.63) is 23.5 Å². The second-order valence-electron chi connectivity index (χ2n) is 4.95. The molecule has 0 saturated heterocycles. The third-order valence-corrected chi connectivity index (χ3v) is 4.53. The first-order valence-electron chi connectivity index (χ1n) is 6.09. The number of carbonyl (C=O) groups is 1. The highest BCUT2D eigenvalue weighted by Crippen LogP contribution is 2.20. The van der Waals surface area contributed by atoms with Crippen molar-refractivity contribution in [3.63, 3.8) is 0 Å². The van der Waals surface area contributed by atoms with E-state index in [-0.39, 0.29) is 5.78 Å². The topological polar surface area (TPSA) is 37.6 Å². The van der Waals surface area contributed by atoms with Gasteiger partial charge in [0.05, 0.1) is 17.7 Å². The summed E-state index contributed by atoms with van der Waals surface area (Å²) in [6, 6.07) is 0. The van der Waals surface area contributed by atoms with Gasteiger partial charge in [0.1, 0.15) is 0 Å². The third kappa shape index (κ3) is 2.20. The van der Waals surface area contributed by atoms with Crippen molar-refractivity contribution in [1.82, 2.24) is 14.3 Å². The van der Waals surface area contributed by atoms with Crippen LogP contribution in [-0.4, -0.2) is 39.7 Å². The summed E-state index contributed by atoms with van der Waals surface area (Å²) in [4.78, 5) is 19.8. The van der Waals surface area contributed by atoms with Crippen molar-refractivity contribution in [2.75, 3.05) is 14.1 Å². The van der Waals surface area contributed by atoms with Crippen LogP contribution in [0.1, 0.15) is 26.0 Å². The smallest absolute Gasteiger partial charge is 0.193 e. The van der Waals surface area contributed by atoms with Gasteiger partial charge in [0.15, 0.2) is 10.7 Å². The van der Waals surface area contributed by atoms with Crippen LogP contribution in [0.15, 0.2) is 17.8 Å². The Labute approximate surface area is 111 Å². The molecule has 0 aliphatic heterocycles. The quantitative estimate of drug-likeness (QED) is 0.832. The van der Waals surface area contributed by atoms with Crippen molar-refractivity contribution >= 4 is 22.1 Å². The van der Waals surface area contributed by atoms with Gasteiger partial charge < -0.3 is 0 Å². The van der Waals surface area contributed by atoms with Crippen LogP contribution in [0.2, 0.25) is 0 Å². The summed E-state index contributed by atoms with van der Waals surface area (Å²) < 4.78 is 1.96. The SMILES string of the molecule is CCC(C)(C(=O)Cc1cn2ccsc2n1)N(C)C. The van der Waals surface area contributed by atoms with E-state index in [0.29, 0.717) is 6.42 Å². The fourth-order valence-electron chi connectivity index (χ4n) is 1.98. The van der Waals surface area contributed by atoms with E-state index in [1.807, 2.05) is 55.0 Å². The molecule has 0 fully saturated rings. The summed E-state index contributed by atoms with van der Waals surface area (Å²) in [7, 11) is 3.90. The summed E-state index contributed by atoms with van der Waals surface area (Å²) in [6.07, 6.45) is 5.11. The predicted octanol–water partition coefficient (Wildman–Crippen LogP) is 2.24. The fourth-order valence-corrected chi connectivity index (χ4v) is 2.70. The number of thiazole rings is 1. The molecular formula is C13H19N3OS. The van der Waals surface area contributed by atoms with Crippen LogP contribution in [0, 0.1) is 0 Å². The first-order chi connectivity index (χ1) is 8.47. The number of hydrogen-bond acceptors (Lipinski definition) is 4. The summed E-state index contributed by atoms with van der Waals surface area (Å²) in [6.45, 7) is 4.04. The Kier molecular flexibility index (Phi) is 3.54. The Morgan fingerprint density at radius 1 is 1.56 bits per heavy atom. The highest BCUT2D eigenvalue weighted by atomic mass is 32.1. The van der Waals surface area contributed by atoms with Gasteiger partial charge >= 0.3 is 0 Å². The van der Waals surface area contributed by atoms with E-state index in [1.54, 1.807) is 11.3 Å². The molecule has 0 saturated carbocycles. The van der Waals surface area contributed by atoms with E-state index < -0.39 is 5.54 Å². The van der Waals surface area contributed by atoms with Gasteiger partial charge in [0.25, 0.3) is 0 Å². The van der Waals surface area contributed by atoms with Crippen LogP contribution in [-0.2, 0) is 11.2 Å². The zero-order chi connectivity index (χ0) is 13.3. The number of hydrogen-bond donors (Lipinski definition) is 0. The largest absolute Gasteiger partial charge is 0.297 e. The molecule has 0 N–H and O–H groups in total. The third-order valence-electron chi connectivity index (χ3n) is 3.76. The standard InChI is InChI=1S/C13H19N3OS/c1-5-13(2,15(3)4)11(17)8-10-9-16-6-7-18-12(16)14-10/h6-7,9H,5,8H2,1-4H3. The molecule has 0 radical (unpaired) electrons. The van der Waals surface area contributed by atoms with E-state index in [4.69, 9.17) is 0 Å². The van der Waals surface area contributed by atoms with Gasteiger partial charge in [-0.25, -0.2) is 4.98 Å².